The van der Waals surface area contributed by atoms with E-state index in [9.17, 15) is 0 Å². The van der Waals surface area contributed by atoms with Crippen LogP contribution in [0.2, 0.25) is 18.3 Å². The van der Waals surface area contributed by atoms with Crippen LogP contribution in [0.15, 0.2) is 24.5 Å². The summed E-state index contributed by atoms with van der Waals surface area (Å²) in [7, 11) is 0. The van der Waals surface area contributed by atoms with E-state index < -0.39 is 18.4 Å². The van der Waals surface area contributed by atoms with Crippen molar-refractivity contribution in [3.63, 3.8) is 0 Å². The van der Waals surface area contributed by atoms with Crippen LogP contribution in [0.3, 0.4) is 0 Å². The number of nitrogens with zero attached hydrogens (tertiary/aromatic N) is 2. The molecule has 0 aromatic carbocycles. The first kappa shape index (κ1) is 19.1. The third-order valence-electron chi connectivity index (χ3n) is 5.00. The van der Waals surface area contributed by atoms with Crippen LogP contribution in [0.25, 0.3) is 5.52 Å². The molecule has 0 saturated carbocycles. The van der Waals surface area contributed by atoms with Gasteiger partial charge >= 0.3 is 151 Å². The topological polar surface area (TPSA) is 17.3 Å². The second kappa shape index (κ2) is 9.31. The third kappa shape index (κ3) is 4.66. The zero-order valence-electron chi connectivity index (χ0n) is 14.9. The van der Waals surface area contributed by atoms with Crippen LogP contribution in [0.1, 0.15) is 59.3 Å². The molecular formula is C19H31ClN2Sn. The van der Waals surface area contributed by atoms with Gasteiger partial charge in [-0.2, -0.15) is 0 Å². The molecule has 0 unspecified atom stereocenters. The molecule has 0 atom stereocenters. The molecule has 2 aromatic rings. The monoisotopic (exact) mass is 442 g/mol. The van der Waals surface area contributed by atoms with Crippen molar-refractivity contribution in [2.24, 2.45) is 0 Å². The second-order valence-corrected chi connectivity index (χ2v) is 20.1. The quantitative estimate of drug-likeness (QED) is 0.411. The molecule has 128 valence electrons. The van der Waals surface area contributed by atoms with Crippen molar-refractivity contribution >= 4 is 39.3 Å². The van der Waals surface area contributed by atoms with Gasteiger partial charge in [-0.1, -0.05) is 0 Å². The fraction of sp³-hybridized carbons (Fsp3) is 0.632. The molecule has 2 nitrogen and oxygen atoms in total. The molecule has 2 heterocycles. The molecular weight excluding hydrogens is 410 g/mol. The summed E-state index contributed by atoms with van der Waals surface area (Å²) in [5.41, 5.74) is 1.16. The number of aromatic nitrogens is 2. The van der Waals surface area contributed by atoms with Gasteiger partial charge in [0.05, 0.1) is 0 Å². The van der Waals surface area contributed by atoms with E-state index in [0.717, 1.165) is 10.5 Å². The Morgan fingerprint density at radius 3 is 2.09 bits per heavy atom. The molecule has 0 N–H and O–H groups in total. The van der Waals surface area contributed by atoms with E-state index in [0.29, 0.717) is 0 Å². The predicted octanol–water partition coefficient (Wildman–Crippen LogP) is 6.04. The van der Waals surface area contributed by atoms with Gasteiger partial charge in [-0.3, -0.25) is 0 Å². The van der Waals surface area contributed by atoms with E-state index in [1.807, 2.05) is 18.3 Å². The average molecular weight is 442 g/mol. The van der Waals surface area contributed by atoms with E-state index in [-0.39, 0.29) is 0 Å². The number of fused-ring (bicyclic) bond motifs is 1. The molecule has 0 bridgehead atoms. The Morgan fingerprint density at radius 2 is 1.57 bits per heavy atom. The van der Waals surface area contributed by atoms with Crippen molar-refractivity contribution in [1.82, 2.24) is 9.38 Å². The van der Waals surface area contributed by atoms with Crippen molar-refractivity contribution in [3.05, 3.63) is 29.5 Å². The fourth-order valence-electron chi connectivity index (χ4n) is 3.62. The van der Waals surface area contributed by atoms with Crippen LogP contribution in [0, 0.1) is 0 Å². The molecule has 0 aliphatic heterocycles. The summed E-state index contributed by atoms with van der Waals surface area (Å²) in [5.74, 6) is 0. The van der Waals surface area contributed by atoms with Gasteiger partial charge < -0.3 is 0 Å². The summed E-state index contributed by atoms with van der Waals surface area (Å²) in [6.07, 6.45) is 12.2. The average Bonchev–Trinajstić information content (AvgIpc) is 2.98. The zero-order valence-corrected chi connectivity index (χ0v) is 18.6. The molecule has 0 fully saturated rings. The van der Waals surface area contributed by atoms with Gasteiger partial charge in [0.15, 0.2) is 0 Å². The van der Waals surface area contributed by atoms with Crippen LogP contribution in [0.4, 0.5) is 0 Å². The van der Waals surface area contributed by atoms with E-state index in [1.54, 1.807) is 0 Å². The number of rotatable bonds is 10. The molecule has 0 spiro atoms. The van der Waals surface area contributed by atoms with Crippen molar-refractivity contribution in [3.8, 4) is 0 Å². The minimum atomic E-state index is -2.46. The number of unbranched alkanes of at least 4 members (excludes halogenated alkanes) is 3. The van der Waals surface area contributed by atoms with Gasteiger partial charge in [-0.15, -0.1) is 0 Å². The molecule has 0 radical (unpaired) electrons. The standard InChI is InChI=1S/C7H4ClN2.3C4H9.Sn/c8-6-1-2-10-5-9-4-7(10)3-6;3*1-3-4-2;/h1-4H;3*1,3-4H2,2H3;. The molecule has 2 aromatic heterocycles. The summed E-state index contributed by atoms with van der Waals surface area (Å²) in [5, 5.41) is 0.806. The molecule has 0 aliphatic carbocycles. The van der Waals surface area contributed by atoms with Crippen LogP contribution in [0.5, 0.6) is 0 Å². The minimum absolute atomic E-state index is 0.806. The van der Waals surface area contributed by atoms with Crippen LogP contribution in [-0.4, -0.2) is 27.8 Å². The molecule has 4 heteroatoms. The van der Waals surface area contributed by atoms with E-state index >= 15 is 0 Å². The molecule has 0 saturated heterocycles. The number of hydrogen-bond donors (Lipinski definition) is 0. The summed E-state index contributed by atoms with van der Waals surface area (Å²) in [6.45, 7) is 6.96. The van der Waals surface area contributed by atoms with Gasteiger partial charge in [0.1, 0.15) is 0 Å². The number of hydrogen-bond acceptors (Lipinski definition) is 1. The Kier molecular flexibility index (Phi) is 7.74. The van der Waals surface area contributed by atoms with E-state index in [2.05, 4.69) is 31.4 Å². The van der Waals surface area contributed by atoms with Crippen molar-refractivity contribution in [2.45, 2.75) is 72.6 Å². The van der Waals surface area contributed by atoms with Gasteiger partial charge in [0.25, 0.3) is 0 Å². The van der Waals surface area contributed by atoms with E-state index in [1.165, 1.54) is 55.7 Å². The second-order valence-electron chi connectivity index (χ2n) is 6.81. The normalized spacial score (nSPS) is 12.2. The first-order chi connectivity index (χ1) is 11.2. The molecule has 23 heavy (non-hydrogen) atoms. The summed E-state index contributed by atoms with van der Waals surface area (Å²) < 4.78 is 8.18. The van der Waals surface area contributed by atoms with Gasteiger partial charge in [-0.05, 0) is 0 Å². The van der Waals surface area contributed by atoms with Crippen LogP contribution >= 0.6 is 11.6 Å². The first-order valence-corrected chi connectivity index (χ1v) is 17.2. The summed E-state index contributed by atoms with van der Waals surface area (Å²) >= 11 is 3.71. The maximum absolute atomic E-state index is 6.17. The third-order valence-corrected chi connectivity index (χ3v) is 20.2. The number of imidazole rings is 1. The Balaban J connectivity index is 2.46. The summed E-state index contributed by atoms with van der Waals surface area (Å²) in [4.78, 5) is 4.97. The SMILES string of the molecule is CCC[CH2][Sn]([CH2]CCC)([CH2]CCC)[c]1ncc2cc(Cl)ccn12. The zero-order chi connectivity index (χ0) is 16.7. The first-order valence-electron chi connectivity index (χ1n) is 9.30. The van der Waals surface area contributed by atoms with Gasteiger partial charge in [0.2, 0.25) is 0 Å². The molecule has 2 rings (SSSR count). The Bertz CT molecular complexity index is 587. The van der Waals surface area contributed by atoms with Crippen LogP contribution in [-0.2, 0) is 0 Å². The maximum atomic E-state index is 6.17. The van der Waals surface area contributed by atoms with Gasteiger partial charge in [0, 0.05) is 0 Å². The fourth-order valence-corrected chi connectivity index (χ4v) is 19.7. The van der Waals surface area contributed by atoms with Crippen molar-refractivity contribution in [2.75, 3.05) is 0 Å². The Morgan fingerprint density at radius 1 is 1.00 bits per heavy atom. The van der Waals surface area contributed by atoms with E-state index in [4.69, 9.17) is 16.6 Å². The van der Waals surface area contributed by atoms with Crippen LogP contribution < -0.4 is 3.84 Å². The van der Waals surface area contributed by atoms with Crippen molar-refractivity contribution < 1.29 is 0 Å². The Labute approximate surface area is 150 Å². The molecule has 0 aliphatic rings. The molecule has 0 amide bonds. The number of halogens is 1. The van der Waals surface area contributed by atoms with Crippen molar-refractivity contribution in [1.29, 1.82) is 0 Å². The Hall–Kier alpha value is -0.221. The van der Waals surface area contributed by atoms with Gasteiger partial charge in [-0.25, -0.2) is 0 Å². The summed E-state index contributed by atoms with van der Waals surface area (Å²) in [6, 6.07) is 4.06. The number of pyridine rings is 1. The predicted molar refractivity (Wildman–Crippen MR) is 105 cm³/mol.